The highest BCUT2D eigenvalue weighted by atomic mass is 16.5. The Morgan fingerprint density at radius 2 is 2.31 bits per heavy atom. The van der Waals surface area contributed by atoms with E-state index in [0.717, 1.165) is 43.0 Å². The minimum Gasteiger partial charge on any atom is -0.493 e. The fourth-order valence-corrected chi connectivity index (χ4v) is 1.98. The van der Waals surface area contributed by atoms with E-state index in [-0.39, 0.29) is 6.04 Å². The Morgan fingerprint density at radius 3 is 3.12 bits per heavy atom. The maximum atomic E-state index is 5.88. The second kappa shape index (κ2) is 5.01. The third-order valence-corrected chi connectivity index (χ3v) is 2.75. The summed E-state index contributed by atoms with van der Waals surface area (Å²) in [6.07, 6.45) is 2.83. The number of benzene rings is 1. The van der Waals surface area contributed by atoms with E-state index in [9.17, 15) is 0 Å². The lowest BCUT2D eigenvalue weighted by atomic mass is 10.0. The topological polar surface area (TPSA) is 47.6 Å². The second-order valence-corrected chi connectivity index (χ2v) is 4.06. The van der Waals surface area contributed by atoms with E-state index >= 15 is 0 Å². The van der Waals surface area contributed by atoms with Crippen molar-refractivity contribution in [1.82, 2.24) is 0 Å². The SMILES string of the molecule is CCCC(N)=NC1CCOc2ccccc21. The zero-order valence-electron chi connectivity index (χ0n) is 9.65. The predicted molar refractivity (Wildman–Crippen MR) is 65.8 cm³/mol. The first-order valence-corrected chi connectivity index (χ1v) is 5.85. The maximum absolute atomic E-state index is 5.88. The van der Waals surface area contributed by atoms with E-state index in [1.165, 1.54) is 0 Å². The molecule has 0 radical (unpaired) electrons. The van der Waals surface area contributed by atoms with Crippen molar-refractivity contribution in [3.63, 3.8) is 0 Å². The van der Waals surface area contributed by atoms with Crippen LogP contribution < -0.4 is 10.5 Å². The third kappa shape index (κ3) is 2.35. The van der Waals surface area contributed by atoms with Crippen LogP contribution in [0, 0.1) is 0 Å². The van der Waals surface area contributed by atoms with Gasteiger partial charge in [-0.3, -0.25) is 4.99 Å². The zero-order valence-corrected chi connectivity index (χ0v) is 9.65. The number of nitrogens with zero attached hydrogens (tertiary/aromatic N) is 1. The predicted octanol–water partition coefficient (Wildman–Crippen LogP) is 2.67. The number of aliphatic imine (C=N–C) groups is 1. The van der Waals surface area contributed by atoms with Gasteiger partial charge in [-0.25, -0.2) is 0 Å². The molecule has 1 aromatic carbocycles. The van der Waals surface area contributed by atoms with Gasteiger partial charge in [0, 0.05) is 18.4 Å². The first-order chi connectivity index (χ1) is 7.81. The van der Waals surface area contributed by atoms with Gasteiger partial charge in [0.25, 0.3) is 0 Å². The standard InChI is InChI=1S/C13H18N2O/c1-2-5-13(14)15-11-8-9-16-12-7-4-3-6-10(11)12/h3-4,6-7,11H,2,5,8-9H2,1H3,(H2,14,15). The highest BCUT2D eigenvalue weighted by molar-refractivity contribution is 5.80. The normalized spacial score (nSPS) is 20.1. The van der Waals surface area contributed by atoms with Crippen LogP contribution in [0.1, 0.15) is 37.8 Å². The van der Waals surface area contributed by atoms with Crippen molar-refractivity contribution in [3.8, 4) is 5.75 Å². The molecule has 0 bridgehead atoms. The van der Waals surface area contributed by atoms with Crippen molar-refractivity contribution in [2.75, 3.05) is 6.61 Å². The van der Waals surface area contributed by atoms with Gasteiger partial charge < -0.3 is 10.5 Å². The largest absolute Gasteiger partial charge is 0.493 e. The lowest BCUT2D eigenvalue weighted by molar-refractivity contribution is 0.269. The molecule has 2 rings (SSSR count). The summed E-state index contributed by atoms with van der Waals surface area (Å²) in [5.41, 5.74) is 7.04. The van der Waals surface area contributed by atoms with E-state index < -0.39 is 0 Å². The van der Waals surface area contributed by atoms with E-state index in [4.69, 9.17) is 10.5 Å². The molecule has 0 saturated carbocycles. The molecule has 0 spiro atoms. The summed E-state index contributed by atoms with van der Waals surface area (Å²) in [4.78, 5) is 4.58. The molecule has 1 atom stereocenters. The van der Waals surface area contributed by atoms with Gasteiger partial charge in [-0.15, -0.1) is 0 Å². The van der Waals surface area contributed by atoms with Gasteiger partial charge >= 0.3 is 0 Å². The van der Waals surface area contributed by atoms with Crippen LogP contribution in [-0.2, 0) is 0 Å². The number of nitrogens with two attached hydrogens (primary N) is 1. The molecule has 0 amide bonds. The summed E-state index contributed by atoms with van der Waals surface area (Å²) in [6, 6.07) is 8.25. The summed E-state index contributed by atoms with van der Waals surface area (Å²) in [5.74, 6) is 1.70. The molecule has 0 aliphatic carbocycles. The van der Waals surface area contributed by atoms with Crippen LogP contribution >= 0.6 is 0 Å². The number of hydrogen-bond donors (Lipinski definition) is 1. The van der Waals surface area contributed by atoms with E-state index in [1.54, 1.807) is 0 Å². The Balaban J connectivity index is 2.22. The molecule has 2 N–H and O–H groups in total. The Kier molecular flexibility index (Phi) is 3.44. The summed E-state index contributed by atoms with van der Waals surface area (Å²) in [5, 5.41) is 0. The second-order valence-electron chi connectivity index (χ2n) is 4.06. The van der Waals surface area contributed by atoms with Crippen molar-refractivity contribution in [3.05, 3.63) is 29.8 Å². The molecule has 3 heteroatoms. The molecular weight excluding hydrogens is 200 g/mol. The zero-order chi connectivity index (χ0) is 11.4. The number of ether oxygens (including phenoxy) is 1. The molecule has 3 nitrogen and oxygen atoms in total. The lowest BCUT2D eigenvalue weighted by Gasteiger charge is -2.23. The van der Waals surface area contributed by atoms with E-state index in [2.05, 4.69) is 18.0 Å². The number of rotatable bonds is 3. The van der Waals surface area contributed by atoms with Gasteiger partial charge in [0.2, 0.25) is 0 Å². The van der Waals surface area contributed by atoms with Crippen LogP contribution in [0.15, 0.2) is 29.3 Å². The number of hydrogen-bond acceptors (Lipinski definition) is 2. The molecule has 1 heterocycles. The van der Waals surface area contributed by atoms with E-state index in [0.29, 0.717) is 0 Å². The maximum Gasteiger partial charge on any atom is 0.124 e. The molecule has 86 valence electrons. The van der Waals surface area contributed by atoms with Crippen molar-refractivity contribution >= 4 is 5.84 Å². The van der Waals surface area contributed by atoms with Gasteiger partial charge in [0.05, 0.1) is 18.5 Å². The van der Waals surface area contributed by atoms with Crippen LogP contribution in [0.2, 0.25) is 0 Å². The van der Waals surface area contributed by atoms with Gasteiger partial charge in [-0.05, 0) is 12.5 Å². The first kappa shape index (κ1) is 11.0. The highest BCUT2D eigenvalue weighted by Crippen LogP contribution is 2.34. The third-order valence-electron chi connectivity index (χ3n) is 2.75. The van der Waals surface area contributed by atoms with Crippen molar-refractivity contribution in [2.45, 2.75) is 32.2 Å². The van der Waals surface area contributed by atoms with Crippen molar-refractivity contribution < 1.29 is 4.74 Å². The summed E-state index contributed by atoms with van der Waals surface area (Å²) < 4.78 is 5.59. The molecule has 0 saturated heterocycles. The number of fused-ring (bicyclic) bond motifs is 1. The Morgan fingerprint density at radius 1 is 1.50 bits per heavy atom. The van der Waals surface area contributed by atoms with Crippen LogP contribution in [-0.4, -0.2) is 12.4 Å². The van der Waals surface area contributed by atoms with Crippen molar-refractivity contribution in [2.24, 2.45) is 10.7 Å². The average Bonchev–Trinajstić information content (AvgIpc) is 2.30. The molecular formula is C13H18N2O. The molecule has 1 aromatic rings. The fraction of sp³-hybridized carbons (Fsp3) is 0.462. The van der Waals surface area contributed by atoms with Crippen molar-refractivity contribution in [1.29, 1.82) is 0 Å². The quantitative estimate of drug-likeness (QED) is 0.626. The van der Waals surface area contributed by atoms with Gasteiger partial charge in [0.1, 0.15) is 5.75 Å². The number of amidine groups is 1. The van der Waals surface area contributed by atoms with Gasteiger partial charge in [-0.2, -0.15) is 0 Å². The minimum absolute atomic E-state index is 0.177. The van der Waals surface area contributed by atoms with Crippen LogP contribution in [0.3, 0.4) is 0 Å². The minimum atomic E-state index is 0.177. The van der Waals surface area contributed by atoms with Crippen LogP contribution in [0.5, 0.6) is 5.75 Å². The summed E-state index contributed by atoms with van der Waals surface area (Å²) >= 11 is 0. The van der Waals surface area contributed by atoms with Crippen LogP contribution in [0.25, 0.3) is 0 Å². The van der Waals surface area contributed by atoms with E-state index in [1.807, 2.05) is 18.2 Å². The Hall–Kier alpha value is -1.51. The monoisotopic (exact) mass is 218 g/mol. The number of para-hydroxylation sites is 1. The fourth-order valence-electron chi connectivity index (χ4n) is 1.98. The Labute approximate surface area is 96.3 Å². The Bertz CT molecular complexity index is 387. The first-order valence-electron chi connectivity index (χ1n) is 5.85. The summed E-state index contributed by atoms with van der Waals surface area (Å²) in [6.45, 7) is 2.84. The van der Waals surface area contributed by atoms with Gasteiger partial charge in [-0.1, -0.05) is 25.1 Å². The molecule has 1 unspecified atom stereocenters. The van der Waals surface area contributed by atoms with Gasteiger partial charge in [0.15, 0.2) is 0 Å². The summed E-state index contributed by atoms with van der Waals surface area (Å²) in [7, 11) is 0. The average molecular weight is 218 g/mol. The highest BCUT2D eigenvalue weighted by Gasteiger charge is 2.20. The molecule has 1 aliphatic rings. The molecule has 16 heavy (non-hydrogen) atoms. The molecule has 1 aliphatic heterocycles. The molecule has 0 aromatic heterocycles. The van der Waals surface area contributed by atoms with Crippen LogP contribution in [0.4, 0.5) is 0 Å². The lowest BCUT2D eigenvalue weighted by Crippen LogP contribution is -2.17. The smallest absolute Gasteiger partial charge is 0.124 e. The molecule has 0 fully saturated rings.